The minimum atomic E-state index is 0.936. The van der Waals surface area contributed by atoms with Crippen LogP contribution < -0.4 is 0 Å². The topological polar surface area (TPSA) is 13.8 Å². The van der Waals surface area contributed by atoms with Crippen molar-refractivity contribution < 1.29 is 0 Å². The van der Waals surface area contributed by atoms with Crippen molar-refractivity contribution >= 4 is 16.7 Å². The van der Waals surface area contributed by atoms with Crippen molar-refractivity contribution in [2.24, 2.45) is 0 Å². The second-order valence-electron chi connectivity index (χ2n) is 3.44. The van der Waals surface area contributed by atoms with Crippen molar-refractivity contribution in [1.82, 2.24) is 14.1 Å². The highest BCUT2D eigenvalue weighted by molar-refractivity contribution is 5.80. The van der Waals surface area contributed by atoms with Crippen LogP contribution in [0.15, 0.2) is 55.7 Å². The lowest BCUT2D eigenvalue weighted by atomic mass is 10.3. The minimum Gasteiger partial charge on any atom is -0.151 e. The molecule has 3 aromatic rings. The van der Waals surface area contributed by atoms with Crippen molar-refractivity contribution in [2.45, 2.75) is 41.5 Å². The lowest BCUT2D eigenvalue weighted by molar-refractivity contribution is 1.07. The molecule has 0 aliphatic carbocycles. The Morgan fingerprint density at radius 2 is 1.33 bits per heavy atom. The van der Waals surface area contributed by atoms with Crippen molar-refractivity contribution in [3.05, 3.63) is 55.7 Å². The summed E-state index contributed by atoms with van der Waals surface area (Å²) >= 11 is 0. The van der Waals surface area contributed by atoms with Crippen LogP contribution in [0.3, 0.4) is 0 Å². The van der Waals surface area contributed by atoms with E-state index in [-0.39, 0.29) is 0 Å². The monoisotopic (exact) mass is 287 g/mol. The zero-order valence-corrected chi connectivity index (χ0v) is 14.3. The van der Waals surface area contributed by atoms with E-state index >= 15 is 0 Å². The molecule has 3 rings (SSSR count). The van der Waals surface area contributed by atoms with Gasteiger partial charge < -0.3 is 0 Å². The summed E-state index contributed by atoms with van der Waals surface area (Å²) in [7, 11) is 0. The van der Waals surface area contributed by atoms with Crippen LogP contribution in [-0.2, 0) is 0 Å². The maximum Gasteiger partial charge on any atom is 0.113 e. The predicted molar refractivity (Wildman–Crippen MR) is 96.2 cm³/mol. The van der Waals surface area contributed by atoms with Crippen molar-refractivity contribution in [3.8, 4) is 0 Å². The molecule has 0 radical (unpaired) electrons. The molecule has 0 bridgehead atoms. The van der Waals surface area contributed by atoms with E-state index in [0.29, 0.717) is 0 Å². The Hall–Kier alpha value is -2.16. The Kier molecular flexibility index (Phi) is 8.70. The summed E-state index contributed by atoms with van der Waals surface area (Å²) in [6.07, 6.45) is 5.56. The van der Waals surface area contributed by atoms with Gasteiger partial charge in [-0.1, -0.05) is 79.0 Å². The highest BCUT2D eigenvalue weighted by Crippen LogP contribution is 2.24. The number of rotatable bonds is 3. The first-order chi connectivity index (χ1) is 10.3. The van der Waals surface area contributed by atoms with Crippen LogP contribution in [0.1, 0.15) is 41.5 Å². The fourth-order valence-electron chi connectivity index (χ4n) is 1.78. The molecule has 3 heteroatoms. The first-order valence-electron chi connectivity index (χ1n) is 7.82. The number of nitrogens with zero attached hydrogens (tertiary/aromatic N) is 3. The zero-order valence-electron chi connectivity index (χ0n) is 14.3. The molecular formula is C18H29N3. The van der Waals surface area contributed by atoms with Crippen molar-refractivity contribution in [2.75, 3.05) is 0 Å². The third-order valence-corrected chi connectivity index (χ3v) is 2.50. The normalized spacial score (nSPS) is 9.62. The van der Waals surface area contributed by atoms with E-state index in [1.807, 2.05) is 70.6 Å². The molecule has 2 heterocycles. The number of hydrogen-bond donors (Lipinski definition) is 0. The van der Waals surface area contributed by atoms with Gasteiger partial charge in [-0.05, 0) is 18.2 Å². The van der Waals surface area contributed by atoms with Crippen LogP contribution in [0.2, 0.25) is 0 Å². The van der Waals surface area contributed by atoms with Gasteiger partial charge in [0.1, 0.15) is 11.0 Å². The van der Waals surface area contributed by atoms with Gasteiger partial charge >= 0.3 is 0 Å². The van der Waals surface area contributed by atoms with Crippen LogP contribution in [-0.4, -0.2) is 14.1 Å². The van der Waals surface area contributed by atoms with Gasteiger partial charge in [0.05, 0.1) is 5.70 Å². The number of benzene rings is 1. The quantitative estimate of drug-likeness (QED) is 0.547. The van der Waals surface area contributed by atoms with Crippen LogP contribution in [0.5, 0.6) is 0 Å². The molecule has 0 amide bonds. The number of allylic oxidation sites excluding steroid dienone is 4. The molecule has 0 saturated heterocycles. The molecule has 21 heavy (non-hydrogen) atoms. The first-order valence-corrected chi connectivity index (χ1v) is 7.82. The molecule has 0 atom stereocenters. The molecule has 0 saturated carbocycles. The highest BCUT2D eigenvalue weighted by atomic mass is 15.9. The van der Waals surface area contributed by atoms with Gasteiger partial charge in [-0.15, -0.1) is 9.26 Å². The van der Waals surface area contributed by atoms with E-state index in [9.17, 15) is 0 Å². The minimum absolute atomic E-state index is 0.936. The third kappa shape index (κ3) is 3.69. The molecule has 2 aromatic heterocycles. The molecule has 0 fully saturated rings. The van der Waals surface area contributed by atoms with Gasteiger partial charge in [-0.2, -0.15) is 4.80 Å². The molecular weight excluding hydrogens is 258 g/mol. The average molecular weight is 287 g/mol. The Morgan fingerprint density at radius 3 is 1.71 bits per heavy atom. The summed E-state index contributed by atoms with van der Waals surface area (Å²) in [6, 6.07) is 8.26. The molecule has 3 nitrogen and oxygen atoms in total. The fraction of sp³-hybridized carbons (Fsp3) is 0.333. The molecule has 116 valence electrons. The van der Waals surface area contributed by atoms with Crippen molar-refractivity contribution in [1.29, 1.82) is 0 Å². The maximum atomic E-state index is 3.99. The molecule has 0 aliphatic rings. The zero-order chi connectivity index (χ0) is 16.4. The van der Waals surface area contributed by atoms with E-state index in [1.54, 1.807) is 6.08 Å². The number of para-hydroxylation sites is 2. The molecule has 0 spiro atoms. The van der Waals surface area contributed by atoms with E-state index in [2.05, 4.69) is 34.6 Å². The number of hydrogen-bond acceptors (Lipinski definition) is 0. The van der Waals surface area contributed by atoms with E-state index in [1.165, 1.54) is 11.0 Å². The summed E-state index contributed by atoms with van der Waals surface area (Å²) in [4.78, 5) is 2.02. The Balaban J connectivity index is 0.000000598. The van der Waals surface area contributed by atoms with E-state index < -0.39 is 0 Å². The van der Waals surface area contributed by atoms with E-state index in [0.717, 1.165) is 5.70 Å². The van der Waals surface area contributed by atoms with Crippen LogP contribution >= 0.6 is 0 Å². The summed E-state index contributed by atoms with van der Waals surface area (Å²) in [5, 5.41) is 0. The molecule has 0 aliphatic heterocycles. The number of aromatic nitrogens is 3. The summed E-state index contributed by atoms with van der Waals surface area (Å²) in [5.74, 6) is 0. The summed E-state index contributed by atoms with van der Waals surface area (Å²) in [5.41, 5.74) is 3.39. The Bertz CT molecular complexity index is 619. The summed E-state index contributed by atoms with van der Waals surface area (Å²) < 4.78 is 4.15. The first kappa shape index (κ1) is 18.8. The van der Waals surface area contributed by atoms with Crippen molar-refractivity contribution in [3.63, 3.8) is 0 Å². The molecule has 0 N–H and O–H groups in total. The van der Waals surface area contributed by atoms with Gasteiger partial charge in [0.25, 0.3) is 0 Å². The predicted octanol–water partition coefficient (Wildman–Crippen LogP) is 5.72. The smallest absolute Gasteiger partial charge is 0.113 e. The van der Waals surface area contributed by atoms with Gasteiger partial charge in [0.2, 0.25) is 0 Å². The molecule has 1 aromatic carbocycles. The van der Waals surface area contributed by atoms with E-state index in [4.69, 9.17) is 0 Å². The van der Waals surface area contributed by atoms with Gasteiger partial charge in [-0.25, -0.2) is 0 Å². The second kappa shape index (κ2) is 9.70. The van der Waals surface area contributed by atoms with Crippen LogP contribution in [0.25, 0.3) is 16.7 Å². The third-order valence-electron chi connectivity index (χ3n) is 2.50. The van der Waals surface area contributed by atoms with Crippen LogP contribution in [0.4, 0.5) is 0 Å². The lowest BCUT2D eigenvalue weighted by Crippen LogP contribution is -1.87. The average Bonchev–Trinajstić information content (AvgIpc) is 3.25. The summed E-state index contributed by atoms with van der Waals surface area (Å²) in [6.45, 7) is 19.6. The fourth-order valence-corrected chi connectivity index (χ4v) is 1.78. The Labute approximate surface area is 128 Å². The number of fused-ring (bicyclic) bond motifs is 4. The molecule has 0 unspecified atom stereocenters. The standard InChI is InChI=1S/C12H11N3.3C2H6/c1-3-4-7-10(2)13-14-11-8-5-6-9-12(11)15(13)14;3*1-2/h3-9H,1-2H2;3*1-2H3/b7-4-;;;. The van der Waals surface area contributed by atoms with Gasteiger partial charge in [-0.3, -0.25) is 0 Å². The Morgan fingerprint density at radius 1 is 0.905 bits per heavy atom. The lowest BCUT2D eigenvalue weighted by Gasteiger charge is -1.92. The largest absolute Gasteiger partial charge is 0.151 e. The van der Waals surface area contributed by atoms with Crippen LogP contribution in [0, 0.1) is 0 Å². The van der Waals surface area contributed by atoms with Gasteiger partial charge in [0.15, 0.2) is 0 Å². The maximum absolute atomic E-state index is 3.99. The highest BCUT2D eigenvalue weighted by Gasteiger charge is 2.22. The second-order valence-corrected chi connectivity index (χ2v) is 3.44. The van der Waals surface area contributed by atoms with Gasteiger partial charge in [0, 0.05) is 0 Å². The SMILES string of the molecule is C=C/C=C\C(=C)n1n2c3ccccc3n12.CC.CC.CC.